The Morgan fingerprint density at radius 3 is 2.52 bits per heavy atom. The molecular weight excluding hydrogens is 342 g/mol. The average Bonchev–Trinajstić information content (AvgIpc) is 2.60. The second-order valence-electron chi connectivity index (χ2n) is 6.53. The molecule has 2 heterocycles. The molecule has 1 fully saturated rings. The summed E-state index contributed by atoms with van der Waals surface area (Å²) in [5, 5.41) is 0. The van der Waals surface area contributed by atoms with E-state index in [9.17, 15) is 13.2 Å². The van der Waals surface area contributed by atoms with Gasteiger partial charge in [0.1, 0.15) is 11.9 Å². The Bertz CT molecular complexity index is 757. The zero-order chi connectivity index (χ0) is 18.2. The quantitative estimate of drug-likeness (QED) is 0.801. The Labute approximate surface area is 149 Å². The maximum Gasteiger partial charge on any atom is 0.243 e. The van der Waals surface area contributed by atoms with Gasteiger partial charge in [0, 0.05) is 33.1 Å². The van der Waals surface area contributed by atoms with Gasteiger partial charge in [0.15, 0.2) is 0 Å². The van der Waals surface area contributed by atoms with Gasteiger partial charge in [0.25, 0.3) is 0 Å². The van der Waals surface area contributed by atoms with Crippen molar-refractivity contribution in [2.45, 2.75) is 31.8 Å². The molecule has 3 rings (SSSR count). The van der Waals surface area contributed by atoms with E-state index in [-0.39, 0.29) is 16.9 Å². The fraction of sp³-hybridized carbons (Fsp3) is 0.588. The molecule has 8 heteroatoms. The summed E-state index contributed by atoms with van der Waals surface area (Å²) in [5.74, 6) is 0.422. The van der Waals surface area contributed by atoms with E-state index in [1.54, 1.807) is 23.1 Å². The SMILES string of the molecule is CCN1CCN(S(=O)(=O)c2ccc3c(c2)N(C(C)=O)CC(C)O3)CC1. The number of carbonyl (C=O) groups excluding carboxylic acids is 1. The molecule has 1 amide bonds. The maximum absolute atomic E-state index is 13.0. The first kappa shape index (κ1) is 18.2. The molecule has 1 aromatic carbocycles. The molecule has 2 aliphatic rings. The van der Waals surface area contributed by atoms with Crippen molar-refractivity contribution < 1.29 is 17.9 Å². The second-order valence-corrected chi connectivity index (χ2v) is 8.46. The number of amides is 1. The van der Waals surface area contributed by atoms with Crippen LogP contribution in [0.25, 0.3) is 0 Å². The summed E-state index contributed by atoms with van der Waals surface area (Å²) in [6.45, 7) is 9.22. The topological polar surface area (TPSA) is 70.2 Å². The Morgan fingerprint density at radius 2 is 1.92 bits per heavy atom. The molecule has 1 aromatic rings. The van der Waals surface area contributed by atoms with Crippen LogP contribution in [0.15, 0.2) is 23.1 Å². The molecule has 138 valence electrons. The predicted octanol–water partition coefficient (Wildman–Crippen LogP) is 1.15. The number of ether oxygens (including phenoxy) is 1. The molecule has 1 atom stereocenters. The molecule has 2 aliphatic heterocycles. The van der Waals surface area contributed by atoms with Crippen molar-refractivity contribution in [1.29, 1.82) is 0 Å². The predicted molar refractivity (Wildman–Crippen MR) is 95.4 cm³/mol. The minimum absolute atomic E-state index is 0.123. The fourth-order valence-electron chi connectivity index (χ4n) is 3.31. The van der Waals surface area contributed by atoms with Crippen molar-refractivity contribution >= 4 is 21.6 Å². The van der Waals surface area contributed by atoms with Gasteiger partial charge in [-0.1, -0.05) is 6.92 Å². The lowest BCUT2D eigenvalue weighted by Crippen LogP contribution is -2.48. The van der Waals surface area contributed by atoms with Gasteiger partial charge in [-0.25, -0.2) is 8.42 Å². The number of anilines is 1. The van der Waals surface area contributed by atoms with Gasteiger partial charge in [-0.05, 0) is 31.7 Å². The third kappa shape index (κ3) is 3.51. The first-order chi connectivity index (χ1) is 11.8. The molecule has 0 aromatic heterocycles. The normalized spacial score (nSPS) is 22.4. The number of hydrogen-bond acceptors (Lipinski definition) is 5. The molecule has 0 spiro atoms. The zero-order valence-corrected chi connectivity index (χ0v) is 15.8. The van der Waals surface area contributed by atoms with E-state index in [1.807, 2.05) is 6.92 Å². The summed E-state index contributed by atoms with van der Waals surface area (Å²) in [5.41, 5.74) is 0.527. The molecule has 0 saturated carbocycles. The highest BCUT2D eigenvalue weighted by atomic mass is 32.2. The minimum Gasteiger partial charge on any atom is -0.487 e. The molecule has 0 N–H and O–H groups in total. The van der Waals surface area contributed by atoms with Gasteiger partial charge in [-0.3, -0.25) is 4.79 Å². The van der Waals surface area contributed by atoms with Crippen molar-refractivity contribution in [3.63, 3.8) is 0 Å². The molecule has 25 heavy (non-hydrogen) atoms. The van der Waals surface area contributed by atoms with Crippen LogP contribution in [0.4, 0.5) is 5.69 Å². The molecule has 0 radical (unpaired) electrons. The van der Waals surface area contributed by atoms with Gasteiger partial charge in [0.05, 0.1) is 17.1 Å². The Kier molecular flexibility index (Phi) is 5.04. The minimum atomic E-state index is -3.58. The maximum atomic E-state index is 13.0. The third-order valence-electron chi connectivity index (χ3n) is 4.79. The van der Waals surface area contributed by atoms with Crippen LogP contribution in [-0.2, 0) is 14.8 Å². The van der Waals surface area contributed by atoms with Crippen LogP contribution in [0.3, 0.4) is 0 Å². The number of likely N-dealkylation sites (N-methyl/N-ethyl adjacent to an activating group) is 1. The van der Waals surface area contributed by atoms with Crippen LogP contribution < -0.4 is 9.64 Å². The largest absolute Gasteiger partial charge is 0.487 e. The highest BCUT2D eigenvalue weighted by molar-refractivity contribution is 7.89. The highest BCUT2D eigenvalue weighted by Crippen LogP contribution is 2.36. The van der Waals surface area contributed by atoms with E-state index in [0.717, 1.165) is 19.6 Å². The van der Waals surface area contributed by atoms with Crippen molar-refractivity contribution in [2.75, 3.05) is 44.2 Å². The number of sulfonamides is 1. The first-order valence-electron chi connectivity index (χ1n) is 8.64. The zero-order valence-electron chi connectivity index (χ0n) is 14.9. The van der Waals surface area contributed by atoms with E-state index in [0.29, 0.717) is 31.1 Å². The van der Waals surface area contributed by atoms with Crippen molar-refractivity contribution in [3.8, 4) is 5.75 Å². The van der Waals surface area contributed by atoms with Crippen LogP contribution in [0.2, 0.25) is 0 Å². The standard InChI is InChI=1S/C17H25N3O4S/c1-4-18-7-9-19(10-8-18)25(22,23)15-5-6-17-16(11-15)20(14(3)21)12-13(2)24-17/h5-6,11,13H,4,7-10,12H2,1-3H3. The number of fused-ring (bicyclic) bond motifs is 1. The highest BCUT2D eigenvalue weighted by Gasteiger charge is 2.31. The Morgan fingerprint density at radius 1 is 1.24 bits per heavy atom. The molecule has 7 nitrogen and oxygen atoms in total. The Hall–Kier alpha value is -1.64. The summed E-state index contributed by atoms with van der Waals surface area (Å²) in [6.07, 6.45) is -0.124. The molecule has 1 saturated heterocycles. The van der Waals surface area contributed by atoms with Gasteiger partial charge >= 0.3 is 0 Å². The van der Waals surface area contributed by atoms with Crippen LogP contribution in [0.1, 0.15) is 20.8 Å². The van der Waals surface area contributed by atoms with E-state index in [4.69, 9.17) is 4.74 Å². The number of piperazine rings is 1. The lowest BCUT2D eigenvalue weighted by atomic mass is 10.2. The Balaban J connectivity index is 1.91. The van der Waals surface area contributed by atoms with Gasteiger partial charge in [-0.2, -0.15) is 4.31 Å². The van der Waals surface area contributed by atoms with Crippen LogP contribution in [0, 0.1) is 0 Å². The van der Waals surface area contributed by atoms with Crippen molar-refractivity contribution in [1.82, 2.24) is 9.21 Å². The number of hydrogen-bond donors (Lipinski definition) is 0. The first-order valence-corrected chi connectivity index (χ1v) is 10.1. The summed E-state index contributed by atoms with van der Waals surface area (Å²) >= 11 is 0. The molecular formula is C17H25N3O4S. The molecule has 0 aliphatic carbocycles. The smallest absolute Gasteiger partial charge is 0.243 e. The number of carbonyl (C=O) groups is 1. The number of rotatable bonds is 3. The summed E-state index contributed by atoms with van der Waals surface area (Å²) < 4.78 is 33.2. The summed E-state index contributed by atoms with van der Waals surface area (Å²) in [4.78, 5) is 16.0. The van der Waals surface area contributed by atoms with Gasteiger partial charge < -0.3 is 14.5 Å². The average molecular weight is 367 g/mol. The summed E-state index contributed by atoms with van der Waals surface area (Å²) in [7, 11) is -3.58. The van der Waals surface area contributed by atoms with Crippen LogP contribution in [0.5, 0.6) is 5.75 Å². The number of nitrogens with zero attached hydrogens (tertiary/aromatic N) is 3. The lowest BCUT2D eigenvalue weighted by molar-refractivity contribution is -0.117. The summed E-state index contributed by atoms with van der Waals surface area (Å²) in [6, 6.07) is 4.77. The van der Waals surface area contributed by atoms with E-state index >= 15 is 0 Å². The molecule has 1 unspecified atom stereocenters. The second kappa shape index (κ2) is 6.93. The van der Waals surface area contributed by atoms with Crippen molar-refractivity contribution in [2.24, 2.45) is 0 Å². The van der Waals surface area contributed by atoms with E-state index in [1.165, 1.54) is 11.2 Å². The molecule has 0 bridgehead atoms. The van der Waals surface area contributed by atoms with Gasteiger partial charge in [0.2, 0.25) is 15.9 Å². The van der Waals surface area contributed by atoms with Crippen molar-refractivity contribution in [3.05, 3.63) is 18.2 Å². The van der Waals surface area contributed by atoms with Crippen LogP contribution in [-0.4, -0.2) is 68.9 Å². The number of benzene rings is 1. The van der Waals surface area contributed by atoms with E-state index in [2.05, 4.69) is 11.8 Å². The van der Waals surface area contributed by atoms with Crippen LogP contribution >= 0.6 is 0 Å². The fourth-order valence-corrected chi connectivity index (χ4v) is 4.75. The van der Waals surface area contributed by atoms with Gasteiger partial charge in [-0.15, -0.1) is 0 Å². The lowest BCUT2D eigenvalue weighted by Gasteiger charge is -2.35. The monoisotopic (exact) mass is 367 g/mol. The third-order valence-corrected chi connectivity index (χ3v) is 6.68. The van der Waals surface area contributed by atoms with E-state index < -0.39 is 10.0 Å².